The molecule has 0 spiro atoms. The van der Waals surface area contributed by atoms with E-state index >= 15 is 0 Å². The number of methoxy groups -OCH3 is 1. The van der Waals surface area contributed by atoms with Crippen LogP contribution in [0.25, 0.3) is 0 Å². The number of Topliss-reactive ketones (excluding diaryl/α,β-unsaturated/α-hetero) is 1. The Balaban J connectivity index is 2.44. The smallest absolute Gasteiger partial charge is 0.163 e. The molecule has 0 aliphatic heterocycles. The minimum absolute atomic E-state index is 0.265. The van der Waals surface area contributed by atoms with Crippen molar-refractivity contribution >= 4 is 5.78 Å². The molecule has 2 heteroatoms. The number of hydrogen-bond donors (Lipinski definition) is 0. The molecular weight excluding hydrogens is 176 g/mol. The monoisotopic (exact) mass is 190 g/mol. The van der Waals surface area contributed by atoms with Crippen LogP contribution < -0.4 is 4.74 Å². The standard InChI is InChI=1S/C12H14O2/c1-8-5-9-7-10(14-2)3-4-11(9)12(13)6-8/h3-4,7-8H,5-6H2,1-2H3/t8-/m1/s1. The molecule has 14 heavy (non-hydrogen) atoms. The van der Waals surface area contributed by atoms with E-state index in [2.05, 4.69) is 6.92 Å². The molecule has 1 atom stereocenters. The quantitative estimate of drug-likeness (QED) is 0.680. The Morgan fingerprint density at radius 3 is 2.86 bits per heavy atom. The van der Waals surface area contributed by atoms with Crippen molar-refractivity contribution in [3.05, 3.63) is 29.3 Å². The lowest BCUT2D eigenvalue weighted by Gasteiger charge is -2.20. The molecule has 74 valence electrons. The molecule has 0 aromatic heterocycles. The summed E-state index contributed by atoms with van der Waals surface area (Å²) in [5.74, 6) is 1.56. The number of carbonyl (C=O) groups excluding carboxylic acids is 1. The van der Waals surface area contributed by atoms with Gasteiger partial charge in [0, 0.05) is 12.0 Å². The topological polar surface area (TPSA) is 26.3 Å². The fourth-order valence-corrected chi connectivity index (χ4v) is 2.01. The van der Waals surface area contributed by atoms with Crippen LogP contribution in [0.4, 0.5) is 0 Å². The molecule has 1 aliphatic carbocycles. The zero-order valence-corrected chi connectivity index (χ0v) is 8.54. The molecule has 0 saturated heterocycles. The van der Waals surface area contributed by atoms with Gasteiger partial charge in [-0.05, 0) is 36.1 Å². The van der Waals surface area contributed by atoms with E-state index in [1.807, 2.05) is 18.2 Å². The van der Waals surface area contributed by atoms with Crippen LogP contribution in [0.2, 0.25) is 0 Å². The fourth-order valence-electron chi connectivity index (χ4n) is 2.01. The zero-order chi connectivity index (χ0) is 10.1. The maximum absolute atomic E-state index is 11.7. The van der Waals surface area contributed by atoms with Gasteiger partial charge >= 0.3 is 0 Å². The van der Waals surface area contributed by atoms with Crippen molar-refractivity contribution in [1.29, 1.82) is 0 Å². The lowest BCUT2D eigenvalue weighted by molar-refractivity contribution is 0.0953. The third-order valence-electron chi connectivity index (χ3n) is 2.72. The molecule has 0 bridgehead atoms. The Morgan fingerprint density at radius 1 is 1.36 bits per heavy atom. The molecule has 0 unspecified atom stereocenters. The molecule has 0 amide bonds. The number of benzene rings is 1. The molecular formula is C12H14O2. The highest BCUT2D eigenvalue weighted by Gasteiger charge is 2.22. The zero-order valence-electron chi connectivity index (χ0n) is 8.54. The number of fused-ring (bicyclic) bond motifs is 1. The van der Waals surface area contributed by atoms with E-state index in [1.54, 1.807) is 7.11 Å². The first-order valence-electron chi connectivity index (χ1n) is 4.91. The predicted octanol–water partition coefficient (Wildman–Crippen LogP) is 2.46. The second kappa shape index (κ2) is 3.45. The van der Waals surface area contributed by atoms with Crippen LogP contribution in [0, 0.1) is 5.92 Å². The highest BCUT2D eigenvalue weighted by atomic mass is 16.5. The largest absolute Gasteiger partial charge is 0.497 e. The van der Waals surface area contributed by atoms with Crippen LogP contribution in [-0.4, -0.2) is 12.9 Å². The number of hydrogen-bond acceptors (Lipinski definition) is 2. The summed E-state index contributed by atoms with van der Waals surface area (Å²) in [4.78, 5) is 11.7. The number of carbonyl (C=O) groups is 1. The van der Waals surface area contributed by atoms with Gasteiger partial charge in [0.15, 0.2) is 5.78 Å². The molecule has 0 N–H and O–H groups in total. The summed E-state index contributed by atoms with van der Waals surface area (Å²) in [6, 6.07) is 5.71. The number of ether oxygens (including phenoxy) is 1. The van der Waals surface area contributed by atoms with Crippen molar-refractivity contribution in [3.63, 3.8) is 0 Å². The van der Waals surface area contributed by atoms with Crippen LogP contribution in [0.3, 0.4) is 0 Å². The second-order valence-corrected chi connectivity index (χ2v) is 3.96. The summed E-state index contributed by atoms with van der Waals surface area (Å²) in [6.45, 7) is 2.11. The second-order valence-electron chi connectivity index (χ2n) is 3.96. The van der Waals surface area contributed by atoms with Gasteiger partial charge in [-0.15, -0.1) is 0 Å². The lowest BCUT2D eigenvalue weighted by Crippen LogP contribution is -2.17. The molecule has 2 rings (SSSR count). The Bertz CT molecular complexity index is 369. The van der Waals surface area contributed by atoms with Crippen molar-refractivity contribution in [2.24, 2.45) is 5.92 Å². The van der Waals surface area contributed by atoms with E-state index in [0.29, 0.717) is 12.3 Å². The Morgan fingerprint density at radius 2 is 2.14 bits per heavy atom. The van der Waals surface area contributed by atoms with E-state index in [1.165, 1.54) is 0 Å². The van der Waals surface area contributed by atoms with Gasteiger partial charge in [-0.1, -0.05) is 6.92 Å². The summed E-state index contributed by atoms with van der Waals surface area (Å²) >= 11 is 0. The fraction of sp³-hybridized carbons (Fsp3) is 0.417. The van der Waals surface area contributed by atoms with Gasteiger partial charge in [-0.3, -0.25) is 4.79 Å². The third-order valence-corrected chi connectivity index (χ3v) is 2.72. The van der Waals surface area contributed by atoms with Crippen LogP contribution in [0.5, 0.6) is 5.75 Å². The lowest BCUT2D eigenvalue weighted by atomic mass is 9.84. The van der Waals surface area contributed by atoms with Gasteiger partial charge in [-0.25, -0.2) is 0 Å². The van der Waals surface area contributed by atoms with Crippen molar-refractivity contribution < 1.29 is 9.53 Å². The maximum atomic E-state index is 11.7. The van der Waals surface area contributed by atoms with E-state index in [9.17, 15) is 4.79 Å². The van der Waals surface area contributed by atoms with Gasteiger partial charge < -0.3 is 4.74 Å². The van der Waals surface area contributed by atoms with E-state index in [4.69, 9.17) is 4.74 Å². The van der Waals surface area contributed by atoms with Gasteiger partial charge in [-0.2, -0.15) is 0 Å². The van der Waals surface area contributed by atoms with Crippen LogP contribution in [0.1, 0.15) is 29.3 Å². The van der Waals surface area contributed by atoms with E-state index < -0.39 is 0 Å². The average molecular weight is 190 g/mol. The summed E-state index contributed by atoms with van der Waals surface area (Å²) in [5.41, 5.74) is 2.01. The molecule has 0 saturated carbocycles. The predicted molar refractivity (Wildman–Crippen MR) is 54.8 cm³/mol. The Kier molecular flexibility index (Phi) is 2.28. The number of ketones is 1. The van der Waals surface area contributed by atoms with Crippen LogP contribution in [-0.2, 0) is 6.42 Å². The maximum Gasteiger partial charge on any atom is 0.163 e. The Labute approximate surface area is 83.9 Å². The molecule has 1 aromatic carbocycles. The Hall–Kier alpha value is -1.31. The SMILES string of the molecule is COc1ccc2c(c1)C[C@@H](C)CC2=O. The molecule has 1 aromatic rings. The highest BCUT2D eigenvalue weighted by Crippen LogP contribution is 2.28. The summed E-state index contributed by atoms with van der Waals surface area (Å²) in [7, 11) is 1.65. The van der Waals surface area contributed by atoms with Crippen molar-refractivity contribution in [2.75, 3.05) is 7.11 Å². The van der Waals surface area contributed by atoms with Crippen LogP contribution in [0.15, 0.2) is 18.2 Å². The van der Waals surface area contributed by atoms with Gasteiger partial charge in [0.1, 0.15) is 5.75 Å². The van der Waals surface area contributed by atoms with Crippen LogP contribution >= 0.6 is 0 Å². The third kappa shape index (κ3) is 1.52. The molecule has 2 nitrogen and oxygen atoms in total. The van der Waals surface area contributed by atoms with Gasteiger partial charge in [0.05, 0.1) is 7.11 Å². The summed E-state index contributed by atoms with van der Waals surface area (Å²) in [5, 5.41) is 0. The van der Waals surface area contributed by atoms with E-state index in [0.717, 1.165) is 23.3 Å². The van der Waals surface area contributed by atoms with E-state index in [-0.39, 0.29) is 5.78 Å². The average Bonchev–Trinajstić information content (AvgIpc) is 2.16. The summed E-state index contributed by atoms with van der Waals surface area (Å²) in [6.07, 6.45) is 1.66. The number of rotatable bonds is 1. The summed E-state index contributed by atoms with van der Waals surface area (Å²) < 4.78 is 5.14. The minimum atomic E-state index is 0.265. The van der Waals surface area contributed by atoms with Crippen molar-refractivity contribution in [3.8, 4) is 5.75 Å². The molecule has 1 aliphatic rings. The first kappa shape index (κ1) is 9.25. The molecule has 0 radical (unpaired) electrons. The minimum Gasteiger partial charge on any atom is -0.497 e. The molecule has 0 fully saturated rings. The first-order valence-corrected chi connectivity index (χ1v) is 4.91. The van der Waals surface area contributed by atoms with Gasteiger partial charge in [0.2, 0.25) is 0 Å². The van der Waals surface area contributed by atoms with Gasteiger partial charge in [0.25, 0.3) is 0 Å². The molecule has 0 heterocycles. The highest BCUT2D eigenvalue weighted by molar-refractivity contribution is 5.98. The first-order chi connectivity index (χ1) is 6.70. The van der Waals surface area contributed by atoms with Crippen molar-refractivity contribution in [2.45, 2.75) is 19.8 Å². The van der Waals surface area contributed by atoms with Crippen molar-refractivity contribution in [1.82, 2.24) is 0 Å². The normalized spacial score (nSPS) is 20.4.